The average molecular weight is 275 g/mol. The average Bonchev–Trinajstić information content (AvgIpc) is 2.46. The van der Waals surface area contributed by atoms with Gasteiger partial charge in [0.25, 0.3) is 0 Å². The van der Waals surface area contributed by atoms with Gasteiger partial charge in [-0.25, -0.2) is 4.39 Å². The number of benzene rings is 2. The minimum Gasteiger partial charge on any atom is -0.207 e. The normalized spacial score (nSPS) is 11.6. The third-order valence-corrected chi connectivity index (χ3v) is 3.19. The Bertz CT molecular complexity index is 529. The van der Waals surface area contributed by atoms with Gasteiger partial charge in [0, 0.05) is 5.88 Å². The maximum atomic E-state index is 13.0. The summed E-state index contributed by atoms with van der Waals surface area (Å²) in [5, 5.41) is 0. The van der Waals surface area contributed by atoms with Crippen molar-refractivity contribution in [2.45, 2.75) is 12.8 Å². The molecule has 2 rings (SSSR count). The fourth-order valence-electron chi connectivity index (χ4n) is 1.97. The molecular weight excluding hydrogens is 259 g/mol. The van der Waals surface area contributed by atoms with E-state index < -0.39 is 0 Å². The van der Waals surface area contributed by atoms with Crippen molar-refractivity contribution in [1.82, 2.24) is 0 Å². The van der Waals surface area contributed by atoms with Gasteiger partial charge in [-0.05, 0) is 41.7 Å². The molecule has 0 atom stereocenters. The molecule has 0 spiro atoms. The van der Waals surface area contributed by atoms with Crippen LogP contribution in [0.15, 0.2) is 60.7 Å². The van der Waals surface area contributed by atoms with E-state index in [0.717, 1.165) is 29.5 Å². The zero-order valence-electron chi connectivity index (χ0n) is 10.7. The highest BCUT2D eigenvalue weighted by molar-refractivity contribution is 6.17. The Labute approximate surface area is 118 Å². The summed E-state index contributed by atoms with van der Waals surface area (Å²) in [6.07, 6.45) is 4.04. The van der Waals surface area contributed by atoms with Gasteiger partial charge in [-0.1, -0.05) is 48.5 Å². The van der Waals surface area contributed by atoms with E-state index in [2.05, 4.69) is 18.2 Å². The van der Waals surface area contributed by atoms with Gasteiger partial charge in [-0.2, -0.15) is 0 Å². The quantitative estimate of drug-likeness (QED) is 0.514. The van der Waals surface area contributed by atoms with Crippen LogP contribution in [0.1, 0.15) is 24.0 Å². The first-order valence-electron chi connectivity index (χ1n) is 6.39. The van der Waals surface area contributed by atoms with Gasteiger partial charge in [-0.15, -0.1) is 11.6 Å². The van der Waals surface area contributed by atoms with Gasteiger partial charge in [0.1, 0.15) is 5.82 Å². The molecule has 0 saturated heterocycles. The Kier molecular flexibility index (Phi) is 5.17. The highest BCUT2D eigenvalue weighted by atomic mass is 35.5. The third kappa shape index (κ3) is 3.93. The molecule has 0 aliphatic heterocycles. The Morgan fingerprint density at radius 1 is 0.947 bits per heavy atom. The molecule has 0 saturated carbocycles. The second-order valence-corrected chi connectivity index (χ2v) is 4.70. The van der Waals surface area contributed by atoms with Crippen molar-refractivity contribution < 1.29 is 4.39 Å². The lowest BCUT2D eigenvalue weighted by Gasteiger charge is -2.08. The Hall–Kier alpha value is -1.60. The van der Waals surface area contributed by atoms with Gasteiger partial charge in [0.15, 0.2) is 0 Å². The lowest BCUT2D eigenvalue weighted by atomic mass is 9.96. The van der Waals surface area contributed by atoms with Crippen LogP contribution in [-0.2, 0) is 0 Å². The van der Waals surface area contributed by atoms with E-state index in [1.165, 1.54) is 12.1 Å². The monoisotopic (exact) mass is 274 g/mol. The standard InChI is InChI=1S/C17H16ClF/c18-13-5-4-8-17(14-6-2-1-3-7-14)15-9-11-16(19)12-10-15/h1-3,6-12H,4-5,13H2. The number of halogens is 2. The lowest BCUT2D eigenvalue weighted by Crippen LogP contribution is -1.89. The fraction of sp³-hybridized carbons (Fsp3) is 0.176. The third-order valence-electron chi connectivity index (χ3n) is 2.93. The van der Waals surface area contributed by atoms with E-state index in [-0.39, 0.29) is 5.82 Å². The first-order chi connectivity index (χ1) is 9.31. The van der Waals surface area contributed by atoms with E-state index in [1.807, 2.05) is 30.3 Å². The van der Waals surface area contributed by atoms with Gasteiger partial charge >= 0.3 is 0 Å². The molecule has 0 fully saturated rings. The molecule has 0 amide bonds. The van der Waals surface area contributed by atoms with Crippen LogP contribution in [0.25, 0.3) is 5.57 Å². The minimum atomic E-state index is -0.211. The number of rotatable bonds is 5. The van der Waals surface area contributed by atoms with Crippen LogP contribution in [0.4, 0.5) is 4.39 Å². The summed E-state index contributed by atoms with van der Waals surface area (Å²) in [6.45, 7) is 0. The van der Waals surface area contributed by atoms with Crippen LogP contribution in [0.5, 0.6) is 0 Å². The topological polar surface area (TPSA) is 0 Å². The predicted molar refractivity (Wildman–Crippen MR) is 79.9 cm³/mol. The van der Waals surface area contributed by atoms with Gasteiger partial charge < -0.3 is 0 Å². The van der Waals surface area contributed by atoms with E-state index >= 15 is 0 Å². The molecule has 0 N–H and O–H groups in total. The summed E-state index contributed by atoms with van der Waals surface area (Å²) >= 11 is 5.72. The molecule has 2 aromatic carbocycles. The predicted octanol–water partition coefficient (Wildman–Crippen LogP) is 5.28. The first-order valence-corrected chi connectivity index (χ1v) is 6.92. The molecule has 0 aromatic heterocycles. The molecule has 0 aliphatic carbocycles. The van der Waals surface area contributed by atoms with Crippen molar-refractivity contribution in [2.75, 3.05) is 5.88 Å². The highest BCUT2D eigenvalue weighted by Crippen LogP contribution is 2.24. The number of allylic oxidation sites excluding steroid dienone is 1. The first kappa shape index (κ1) is 13.8. The van der Waals surface area contributed by atoms with Crippen LogP contribution >= 0.6 is 11.6 Å². The Morgan fingerprint density at radius 3 is 2.21 bits per heavy atom. The van der Waals surface area contributed by atoms with Gasteiger partial charge in [0.05, 0.1) is 0 Å². The maximum Gasteiger partial charge on any atom is 0.123 e. The molecule has 0 radical (unpaired) electrons. The number of unbranched alkanes of at least 4 members (excludes halogenated alkanes) is 1. The van der Waals surface area contributed by atoms with E-state index in [4.69, 9.17) is 11.6 Å². The van der Waals surface area contributed by atoms with Gasteiger partial charge in [-0.3, -0.25) is 0 Å². The largest absolute Gasteiger partial charge is 0.207 e. The van der Waals surface area contributed by atoms with Crippen molar-refractivity contribution >= 4 is 17.2 Å². The number of hydrogen-bond donors (Lipinski definition) is 0. The van der Waals surface area contributed by atoms with Crippen molar-refractivity contribution in [3.05, 3.63) is 77.6 Å². The SMILES string of the molecule is Fc1ccc(C(=CCCCCl)c2ccccc2)cc1. The van der Waals surface area contributed by atoms with Crippen LogP contribution in [-0.4, -0.2) is 5.88 Å². The van der Waals surface area contributed by atoms with Crippen molar-refractivity contribution in [2.24, 2.45) is 0 Å². The highest BCUT2D eigenvalue weighted by Gasteiger charge is 2.04. The van der Waals surface area contributed by atoms with Gasteiger partial charge in [0.2, 0.25) is 0 Å². The molecule has 0 heterocycles. The van der Waals surface area contributed by atoms with Crippen LogP contribution < -0.4 is 0 Å². The molecule has 0 unspecified atom stereocenters. The summed E-state index contributed by atoms with van der Waals surface area (Å²) in [7, 11) is 0. The summed E-state index contributed by atoms with van der Waals surface area (Å²) in [5.41, 5.74) is 3.30. The minimum absolute atomic E-state index is 0.211. The molecule has 0 nitrogen and oxygen atoms in total. The molecule has 2 aromatic rings. The molecule has 98 valence electrons. The molecule has 2 heteroatoms. The second kappa shape index (κ2) is 7.10. The van der Waals surface area contributed by atoms with Crippen molar-refractivity contribution in [3.8, 4) is 0 Å². The van der Waals surface area contributed by atoms with E-state index in [9.17, 15) is 4.39 Å². The van der Waals surface area contributed by atoms with Crippen LogP contribution in [0, 0.1) is 5.82 Å². The zero-order valence-corrected chi connectivity index (χ0v) is 11.4. The number of hydrogen-bond acceptors (Lipinski definition) is 0. The Morgan fingerprint density at radius 2 is 1.58 bits per heavy atom. The molecule has 19 heavy (non-hydrogen) atoms. The summed E-state index contributed by atoms with van der Waals surface area (Å²) in [5.74, 6) is 0.444. The smallest absolute Gasteiger partial charge is 0.123 e. The summed E-state index contributed by atoms with van der Waals surface area (Å²) in [6, 6.07) is 16.8. The summed E-state index contributed by atoms with van der Waals surface area (Å²) in [4.78, 5) is 0. The van der Waals surface area contributed by atoms with E-state index in [1.54, 1.807) is 0 Å². The van der Waals surface area contributed by atoms with Crippen LogP contribution in [0.2, 0.25) is 0 Å². The van der Waals surface area contributed by atoms with Crippen molar-refractivity contribution in [1.29, 1.82) is 0 Å². The van der Waals surface area contributed by atoms with Crippen molar-refractivity contribution in [3.63, 3.8) is 0 Å². The molecular formula is C17H16ClF. The fourth-order valence-corrected chi connectivity index (χ4v) is 2.13. The second-order valence-electron chi connectivity index (χ2n) is 4.32. The van der Waals surface area contributed by atoms with E-state index in [0.29, 0.717) is 5.88 Å². The molecule has 0 aliphatic rings. The molecule has 0 bridgehead atoms. The number of alkyl halides is 1. The summed E-state index contributed by atoms with van der Waals surface area (Å²) < 4.78 is 13.0. The Balaban J connectivity index is 2.34. The lowest BCUT2D eigenvalue weighted by molar-refractivity contribution is 0.627. The maximum absolute atomic E-state index is 13.0. The van der Waals surface area contributed by atoms with Crippen LogP contribution in [0.3, 0.4) is 0 Å². The zero-order chi connectivity index (χ0) is 13.5.